The maximum atomic E-state index is 10.7. The zero-order valence-corrected chi connectivity index (χ0v) is 9.30. The molecule has 0 saturated heterocycles. The van der Waals surface area contributed by atoms with E-state index in [4.69, 9.17) is 0 Å². The lowest BCUT2D eigenvalue weighted by atomic mass is 9.66. The molecule has 2 fully saturated rings. The summed E-state index contributed by atoms with van der Waals surface area (Å²) in [6.07, 6.45) is 3.84. The highest BCUT2D eigenvalue weighted by Crippen LogP contribution is 2.68. The quantitative estimate of drug-likeness (QED) is 0.671. The molecule has 0 amide bonds. The fourth-order valence-electron chi connectivity index (χ4n) is 3.88. The van der Waals surface area contributed by atoms with Gasteiger partial charge in [0.15, 0.2) is 0 Å². The molecule has 3 unspecified atom stereocenters. The van der Waals surface area contributed by atoms with Gasteiger partial charge >= 0.3 is 0 Å². The third kappa shape index (κ3) is 1.06. The lowest BCUT2D eigenvalue weighted by molar-refractivity contribution is -0.307. The Labute approximate surface area is 85.7 Å². The number of carboxylic acids is 1. The Balaban J connectivity index is 2.23. The minimum absolute atomic E-state index is 0.234. The summed E-state index contributed by atoms with van der Waals surface area (Å²) in [5, 5.41) is 10.7. The first-order chi connectivity index (χ1) is 6.38. The maximum Gasteiger partial charge on any atom is 0.0417 e. The summed E-state index contributed by atoms with van der Waals surface area (Å²) in [7, 11) is 0. The number of rotatable bonds is 2. The average molecular weight is 195 g/mol. The first kappa shape index (κ1) is 10.0. The first-order valence-corrected chi connectivity index (χ1v) is 5.58. The minimum atomic E-state index is -0.875. The van der Waals surface area contributed by atoms with Gasteiger partial charge in [0.2, 0.25) is 0 Å². The van der Waals surface area contributed by atoms with Crippen LogP contribution < -0.4 is 5.11 Å². The predicted octanol–water partition coefficient (Wildman–Crippen LogP) is 1.59. The molecule has 0 N–H and O–H groups in total. The summed E-state index contributed by atoms with van der Waals surface area (Å²) in [5.74, 6) is 0.206. The lowest BCUT2D eigenvalue weighted by Gasteiger charge is -2.39. The van der Waals surface area contributed by atoms with Crippen LogP contribution in [0, 0.1) is 22.7 Å². The fraction of sp³-hybridized carbons (Fsp3) is 0.917. The van der Waals surface area contributed by atoms with E-state index in [2.05, 4.69) is 20.8 Å². The molecule has 2 saturated carbocycles. The van der Waals surface area contributed by atoms with Crippen molar-refractivity contribution in [2.24, 2.45) is 22.7 Å². The number of fused-ring (bicyclic) bond motifs is 2. The Kier molecular flexibility index (Phi) is 1.96. The molecule has 2 aliphatic carbocycles. The molecule has 2 nitrogen and oxygen atoms in total. The largest absolute Gasteiger partial charge is 0.550 e. The number of hydrogen-bond donors (Lipinski definition) is 0. The standard InChI is InChI=1S/C12H20O2/c1-11(2)8-4-5-12(11,3)9(6-8)7-10(13)14/h8-9H,4-7H2,1-3H3,(H,13,14)/p-1. The number of hydrogen-bond acceptors (Lipinski definition) is 2. The Morgan fingerprint density at radius 3 is 2.43 bits per heavy atom. The van der Waals surface area contributed by atoms with Gasteiger partial charge in [-0.2, -0.15) is 0 Å². The molecule has 0 aromatic carbocycles. The van der Waals surface area contributed by atoms with Crippen molar-refractivity contribution in [3.8, 4) is 0 Å². The Morgan fingerprint density at radius 2 is 2.07 bits per heavy atom. The molecule has 80 valence electrons. The second-order valence-electron chi connectivity index (χ2n) is 5.88. The van der Waals surface area contributed by atoms with E-state index in [1.165, 1.54) is 12.8 Å². The molecule has 3 atom stereocenters. The van der Waals surface area contributed by atoms with Crippen molar-refractivity contribution in [2.75, 3.05) is 0 Å². The zero-order chi connectivity index (χ0) is 10.6. The molecule has 2 heteroatoms. The number of aliphatic carboxylic acids is 1. The molecule has 14 heavy (non-hydrogen) atoms. The van der Waals surface area contributed by atoms with Gasteiger partial charge in [0.1, 0.15) is 0 Å². The van der Waals surface area contributed by atoms with Gasteiger partial charge in [-0.3, -0.25) is 0 Å². The number of carbonyl (C=O) groups excluding carboxylic acids is 1. The second kappa shape index (κ2) is 2.74. The fourth-order valence-corrected chi connectivity index (χ4v) is 3.88. The van der Waals surface area contributed by atoms with Crippen molar-refractivity contribution in [3.05, 3.63) is 0 Å². The summed E-state index contributed by atoms with van der Waals surface area (Å²) in [5.41, 5.74) is 0.560. The predicted molar refractivity (Wildman–Crippen MR) is 52.3 cm³/mol. The van der Waals surface area contributed by atoms with Crippen LogP contribution in [0.5, 0.6) is 0 Å². The van der Waals surface area contributed by atoms with Crippen LogP contribution in [0.4, 0.5) is 0 Å². The van der Waals surface area contributed by atoms with Crippen LogP contribution in [0.3, 0.4) is 0 Å². The Morgan fingerprint density at radius 1 is 1.43 bits per heavy atom. The molecule has 0 heterocycles. The molecule has 0 aliphatic heterocycles. The molecule has 0 spiro atoms. The van der Waals surface area contributed by atoms with Gasteiger partial charge in [-0.1, -0.05) is 20.8 Å². The van der Waals surface area contributed by atoms with Crippen LogP contribution in [-0.4, -0.2) is 5.97 Å². The van der Waals surface area contributed by atoms with Crippen LogP contribution in [0.2, 0.25) is 0 Å². The van der Waals surface area contributed by atoms with Crippen molar-refractivity contribution in [3.63, 3.8) is 0 Å². The summed E-state index contributed by atoms with van der Waals surface area (Å²) in [6.45, 7) is 6.88. The van der Waals surface area contributed by atoms with Crippen molar-refractivity contribution in [2.45, 2.75) is 46.5 Å². The van der Waals surface area contributed by atoms with E-state index in [-0.39, 0.29) is 11.8 Å². The molecule has 2 rings (SSSR count). The van der Waals surface area contributed by atoms with Gasteiger partial charge in [0.25, 0.3) is 0 Å². The minimum Gasteiger partial charge on any atom is -0.550 e. The summed E-state index contributed by atoms with van der Waals surface area (Å²) in [6, 6.07) is 0. The first-order valence-electron chi connectivity index (χ1n) is 5.58. The summed E-state index contributed by atoms with van der Waals surface area (Å²) in [4.78, 5) is 10.7. The molecule has 2 bridgehead atoms. The molecular weight excluding hydrogens is 176 g/mol. The molecule has 0 aromatic heterocycles. The molecule has 0 aromatic rings. The lowest BCUT2D eigenvalue weighted by Crippen LogP contribution is -2.36. The normalized spacial score (nSPS) is 44.2. The van der Waals surface area contributed by atoms with Crippen LogP contribution in [-0.2, 0) is 4.79 Å². The third-order valence-corrected chi connectivity index (χ3v) is 5.39. The van der Waals surface area contributed by atoms with Crippen molar-refractivity contribution >= 4 is 5.97 Å². The third-order valence-electron chi connectivity index (χ3n) is 5.39. The second-order valence-corrected chi connectivity index (χ2v) is 5.88. The highest BCUT2D eigenvalue weighted by Gasteiger charge is 2.60. The van der Waals surface area contributed by atoms with Gasteiger partial charge in [-0.15, -0.1) is 0 Å². The van der Waals surface area contributed by atoms with E-state index in [0.29, 0.717) is 11.3 Å². The number of carbonyl (C=O) groups is 1. The van der Waals surface area contributed by atoms with E-state index < -0.39 is 5.97 Å². The van der Waals surface area contributed by atoms with Crippen molar-refractivity contribution in [1.82, 2.24) is 0 Å². The van der Waals surface area contributed by atoms with Crippen LogP contribution in [0.1, 0.15) is 46.5 Å². The van der Waals surface area contributed by atoms with E-state index in [1.807, 2.05) is 0 Å². The smallest absolute Gasteiger partial charge is 0.0417 e. The van der Waals surface area contributed by atoms with Gasteiger partial charge in [-0.05, 0) is 48.3 Å². The topological polar surface area (TPSA) is 40.1 Å². The molecule has 0 radical (unpaired) electrons. The maximum absolute atomic E-state index is 10.7. The van der Waals surface area contributed by atoms with Crippen LogP contribution in [0.15, 0.2) is 0 Å². The SMILES string of the molecule is CC1(C)C2CCC1(C)C(CC(=O)[O-])C2. The summed E-state index contributed by atoms with van der Waals surface area (Å²) < 4.78 is 0. The molecular formula is C12H19O2-. The van der Waals surface area contributed by atoms with Crippen LogP contribution >= 0.6 is 0 Å². The highest BCUT2D eigenvalue weighted by atomic mass is 16.4. The number of carboxylic acid groups (broad SMARTS) is 1. The van der Waals surface area contributed by atoms with Gasteiger partial charge in [-0.25, -0.2) is 0 Å². The Bertz CT molecular complexity index is 269. The monoisotopic (exact) mass is 195 g/mol. The van der Waals surface area contributed by atoms with E-state index >= 15 is 0 Å². The van der Waals surface area contributed by atoms with Crippen LogP contribution in [0.25, 0.3) is 0 Å². The average Bonchev–Trinajstić information content (AvgIpc) is 2.35. The zero-order valence-electron chi connectivity index (χ0n) is 9.30. The molecule has 2 aliphatic rings. The van der Waals surface area contributed by atoms with Crippen molar-refractivity contribution < 1.29 is 9.90 Å². The summed E-state index contributed by atoms with van der Waals surface area (Å²) >= 11 is 0. The van der Waals surface area contributed by atoms with E-state index in [0.717, 1.165) is 12.3 Å². The van der Waals surface area contributed by atoms with E-state index in [1.54, 1.807) is 0 Å². The highest BCUT2D eigenvalue weighted by molar-refractivity contribution is 5.64. The Hall–Kier alpha value is -0.530. The van der Waals surface area contributed by atoms with E-state index in [9.17, 15) is 9.90 Å². The van der Waals surface area contributed by atoms with Gasteiger partial charge < -0.3 is 9.90 Å². The van der Waals surface area contributed by atoms with Gasteiger partial charge in [0, 0.05) is 5.97 Å². The van der Waals surface area contributed by atoms with Gasteiger partial charge in [0.05, 0.1) is 0 Å². The van der Waals surface area contributed by atoms with Crippen molar-refractivity contribution in [1.29, 1.82) is 0 Å².